The molecule has 0 aliphatic carbocycles. The summed E-state index contributed by atoms with van der Waals surface area (Å²) in [6.07, 6.45) is 3.61. The minimum absolute atomic E-state index is 0.447. The van der Waals surface area contributed by atoms with Gasteiger partial charge in [0.1, 0.15) is 38.1 Å². The SMILES string of the molecule is Brc1cccnc1Br.OB(O)c1ccc2oc3ccc(-n4c5ccccc5c5ccccc54)cc3c2c1.c1cnc(-c2ccc3oc4ccc(-n5c6ccccc6c6ccccc65)cc4c3c2)c(-c2ccc3oc4ccc(-n5c6ccccc6c6ccccc65)cc4c3c2)c1. The number of aromatic nitrogens is 5. The molecule has 450 valence electrons. The number of nitrogens with zero attached hydrogens (tertiary/aromatic N) is 5. The summed E-state index contributed by atoms with van der Waals surface area (Å²) in [5.74, 6) is 0. The summed E-state index contributed by atoms with van der Waals surface area (Å²) in [6, 6.07) is 96.5. The number of rotatable bonds is 6. The van der Waals surface area contributed by atoms with Crippen molar-refractivity contribution in [1.29, 1.82) is 0 Å². The van der Waals surface area contributed by atoms with Gasteiger partial charge in [-0.15, -0.1) is 0 Å². The van der Waals surface area contributed by atoms with Crippen LogP contribution in [0.15, 0.2) is 314 Å². The first-order valence-corrected chi connectivity index (χ1v) is 32.8. The maximum absolute atomic E-state index is 9.56. The van der Waals surface area contributed by atoms with Gasteiger partial charge >= 0.3 is 7.12 Å². The molecule has 0 saturated carbocycles. The molecule has 0 radical (unpaired) electrons. The van der Waals surface area contributed by atoms with Crippen molar-refractivity contribution in [3.05, 3.63) is 301 Å². The first-order chi connectivity index (χ1) is 46.8. The van der Waals surface area contributed by atoms with Crippen molar-refractivity contribution in [3.63, 3.8) is 0 Å². The second kappa shape index (κ2) is 22.8. The van der Waals surface area contributed by atoms with Gasteiger partial charge in [0.2, 0.25) is 0 Å². The van der Waals surface area contributed by atoms with Gasteiger partial charge in [0.05, 0.1) is 43.3 Å². The van der Waals surface area contributed by atoms with Crippen LogP contribution < -0.4 is 5.46 Å². The fourth-order valence-corrected chi connectivity index (χ4v) is 14.5. The topological polar surface area (TPSA) is 120 Å². The molecule has 95 heavy (non-hydrogen) atoms. The number of hydrogen-bond donors (Lipinski definition) is 2. The van der Waals surface area contributed by atoms with Crippen LogP contribution in [0.3, 0.4) is 0 Å². The third-order valence-corrected chi connectivity index (χ3v) is 20.1. The summed E-state index contributed by atoms with van der Waals surface area (Å²) >= 11 is 6.52. The third kappa shape index (κ3) is 9.45. The highest BCUT2D eigenvalue weighted by Gasteiger charge is 2.21. The van der Waals surface area contributed by atoms with Crippen LogP contribution in [0.2, 0.25) is 0 Å². The Morgan fingerprint density at radius 1 is 0.295 bits per heavy atom. The summed E-state index contributed by atoms with van der Waals surface area (Å²) in [5, 5.41) is 32.6. The zero-order chi connectivity index (χ0) is 63.4. The Bertz CT molecular complexity index is 6040. The lowest BCUT2D eigenvalue weighted by molar-refractivity contribution is 0.426. The summed E-state index contributed by atoms with van der Waals surface area (Å²) in [5.41, 5.74) is 19.7. The average Bonchev–Trinajstić information content (AvgIpc) is 1.61. The molecule has 0 aliphatic rings. The van der Waals surface area contributed by atoms with Gasteiger partial charge in [-0.3, -0.25) is 4.98 Å². The Hall–Kier alpha value is -11.3. The molecule has 0 spiro atoms. The molecule has 20 rings (SSSR count). The monoisotopic (exact) mass is 1350 g/mol. The van der Waals surface area contributed by atoms with Gasteiger partial charge in [0, 0.05) is 105 Å². The molecule has 20 aromatic rings. The van der Waals surface area contributed by atoms with Crippen LogP contribution in [-0.4, -0.2) is 40.8 Å². The van der Waals surface area contributed by atoms with E-state index in [0.29, 0.717) is 5.46 Å². The van der Waals surface area contributed by atoms with Crippen LogP contribution >= 0.6 is 31.9 Å². The highest BCUT2D eigenvalue weighted by atomic mass is 79.9. The molecule has 0 aliphatic heterocycles. The number of hydrogen-bond acceptors (Lipinski definition) is 7. The zero-order valence-electron chi connectivity index (χ0n) is 50.4. The Balaban J connectivity index is 0.000000147. The van der Waals surface area contributed by atoms with Gasteiger partial charge in [0.25, 0.3) is 0 Å². The van der Waals surface area contributed by atoms with E-state index in [0.717, 1.165) is 125 Å². The normalized spacial score (nSPS) is 11.8. The van der Waals surface area contributed by atoms with Crippen molar-refractivity contribution in [3.8, 4) is 39.4 Å². The second-order valence-corrected chi connectivity index (χ2v) is 25.3. The molecule has 0 atom stereocenters. The van der Waals surface area contributed by atoms with Gasteiger partial charge in [-0.2, -0.15) is 0 Å². The van der Waals surface area contributed by atoms with Crippen molar-refractivity contribution in [2.45, 2.75) is 0 Å². The molecule has 8 aromatic heterocycles. The number of halogens is 2. The van der Waals surface area contributed by atoms with Gasteiger partial charge in [0.15, 0.2) is 0 Å². The zero-order valence-corrected chi connectivity index (χ0v) is 53.6. The van der Waals surface area contributed by atoms with Gasteiger partial charge in [-0.05, 0) is 188 Å². The van der Waals surface area contributed by atoms with Crippen LogP contribution in [0.5, 0.6) is 0 Å². The Morgan fingerprint density at radius 3 is 1.00 bits per heavy atom. The quantitative estimate of drug-likeness (QED) is 0.126. The van der Waals surface area contributed by atoms with Gasteiger partial charge in [-0.1, -0.05) is 133 Å². The highest BCUT2D eigenvalue weighted by molar-refractivity contribution is 9.13. The number of pyridine rings is 2. The molecular formula is C82H50BBr2N5O5. The highest BCUT2D eigenvalue weighted by Crippen LogP contribution is 2.42. The van der Waals surface area contributed by atoms with Crippen LogP contribution in [0, 0.1) is 0 Å². The Kier molecular flexibility index (Phi) is 13.5. The van der Waals surface area contributed by atoms with E-state index in [1.54, 1.807) is 24.4 Å². The second-order valence-electron chi connectivity index (χ2n) is 23.7. The van der Waals surface area contributed by atoms with E-state index in [4.69, 9.17) is 18.2 Å². The van der Waals surface area contributed by atoms with E-state index in [2.05, 4.69) is 287 Å². The Morgan fingerprint density at radius 2 is 0.621 bits per heavy atom. The molecule has 12 aromatic carbocycles. The lowest BCUT2D eigenvalue weighted by atomic mass is 9.80. The van der Waals surface area contributed by atoms with E-state index in [1.807, 2.05) is 30.5 Å². The van der Waals surface area contributed by atoms with Crippen LogP contribution in [-0.2, 0) is 0 Å². The first kappa shape index (κ1) is 56.4. The molecule has 0 saturated heterocycles. The minimum atomic E-state index is -1.51. The average molecular weight is 1360 g/mol. The predicted molar refractivity (Wildman–Crippen MR) is 396 cm³/mol. The fourth-order valence-electron chi connectivity index (χ4n) is 14.0. The maximum atomic E-state index is 9.56. The molecular weight excluding hydrogens is 1310 g/mol. The molecule has 13 heteroatoms. The maximum Gasteiger partial charge on any atom is 0.488 e. The molecule has 0 amide bonds. The summed E-state index contributed by atoms with van der Waals surface area (Å²) in [7, 11) is -1.51. The predicted octanol–water partition coefficient (Wildman–Crippen LogP) is 21.4. The number of fused-ring (bicyclic) bond motifs is 18. The fraction of sp³-hybridized carbons (Fsp3) is 0. The summed E-state index contributed by atoms with van der Waals surface area (Å²) in [6.45, 7) is 0. The van der Waals surface area contributed by atoms with Crippen LogP contribution in [0.25, 0.3) is 171 Å². The van der Waals surface area contributed by atoms with Crippen LogP contribution in [0.4, 0.5) is 0 Å². The van der Waals surface area contributed by atoms with E-state index >= 15 is 0 Å². The molecule has 0 fully saturated rings. The number of benzene rings is 12. The smallest absolute Gasteiger partial charge is 0.456 e. The van der Waals surface area contributed by atoms with Crippen molar-refractivity contribution in [1.82, 2.24) is 23.7 Å². The van der Waals surface area contributed by atoms with E-state index < -0.39 is 7.12 Å². The molecule has 10 nitrogen and oxygen atoms in total. The lowest BCUT2D eigenvalue weighted by Crippen LogP contribution is -2.29. The molecule has 8 heterocycles. The third-order valence-electron chi connectivity index (χ3n) is 18.3. The molecule has 0 bridgehead atoms. The number of para-hydroxylation sites is 6. The summed E-state index contributed by atoms with van der Waals surface area (Å²) < 4.78 is 27.6. The Labute approximate surface area is 558 Å². The standard InChI is InChI=1S/C53H31N3O2.C24H16BNO3.C5H3Br2N/c1-5-15-45-37(10-1)38-11-2-6-16-46(38)55(45)34-21-25-51-43(30-34)41-28-32(19-23-49(41)57-51)36-14-9-27-54-53(36)33-20-24-50-42(29-33)44-31-35(22-26-52(44)58-50)56-47-17-7-3-12-39(47)40-13-4-8-18-48(40)56;27-25(28)15-9-11-23-19(13-15)20-14-16(10-12-24(20)29-23)26-21-7-3-1-5-17(21)18-6-2-4-8-22(18)26;6-4-2-1-3-8-5(4)7/h1-31H;1-14,27-28H;1-3H. The largest absolute Gasteiger partial charge is 0.488 e. The minimum Gasteiger partial charge on any atom is -0.456 e. The summed E-state index contributed by atoms with van der Waals surface area (Å²) in [4.78, 5) is 8.95. The van der Waals surface area contributed by atoms with Crippen LogP contribution in [0.1, 0.15) is 0 Å². The van der Waals surface area contributed by atoms with E-state index in [9.17, 15) is 10.0 Å². The first-order valence-electron chi connectivity index (χ1n) is 31.2. The van der Waals surface area contributed by atoms with Crippen molar-refractivity contribution in [2.24, 2.45) is 0 Å². The van der Waals surface area contributed by atoms with Crippen molar-refractivity contribution >= 4 is 176 Å². The van der Waals surface area contributed by atoms with Gasteiger partial charge in [-0.25, -0.2) is 4.98 Å². The van der Waals surface area contributed by atoms with Crippen molar-refractivity contribution in [2.75, 3.05) is 0 Å². The molecule has 2 N–H and O–H groups in total. The number of furan rings is 3. The van der Waals surface area contributed by atoms with Crippen molar-refractivity contribution < 1.29 is 23.3 Å². The van der Waals surface area contributed by atoms with E-state index in [-0.39, 0.29) is 0 Å². The molecule has 0 unspecified atom stereocenters. The van der Waals surface area contributed by atoms with Gasteiger partial charge < -0.3 is 37.0 Å². The van der Waals surface area contributed by atoms with E-state index in [1.165, 1.54) is 54.4 Å². The lowest BCUT2D eigenvalue weighted by Gasteiger charge is -2.10.